The van der Waals surface area contributed by atoms with Gasteiger partial charge in [-0.25, -0.2) is 4.39 Å². The molecule has 3 heterocycles. The Labute approximate surface area is 182 Å². The molecular formula is C26H27FN4. The molecule has 2 atom stereocenters. The van der Waals surface area contributed by atoms with Gasteiger partial charge in [-0.05, 0) is 66.9 Å². The Balaban J connectivity index is 1.30. The molecule has 5 rings (SSSR count). The second-order valence-corrected chi connectivity index (χ2v) is 8.45. The largest absolute Gasteiger partial charge is 0.364 e. The molecule has 1 aromatic heterocycles. The minimum absolute atomic E-state index is 0.0142. The van der Waals surface area contributed by atoms with Gasteiger partial charge in [0.1, 0.15) is 17.7 Å². The zero-order chi connectivity index (χ0) is 21.0. The van der Waals surface area contributed by atoms with E-state index in [1.54, 1.807) is 0 Å². The number of rotatable bonds is 5. The van der Waals surface area contributed by atoms with E-state index in [2.05, 4.69) is 45.5 Å². The minimum Gasteiger partial charge on any atom is -0.364 e. The average molecular weight is 415 g/mol. The van der Waals surface area contributed by atoms with Gasteiger partial charge in [-0.1, -0.05) is 42.5 Å². The molecule has 4 nitrogen and oxygen atoms in total. The van der Waals surface area contributed by atoms with Crippen LogP contribution < -0.4 is 5.32 Å². The van der Waals surface area contributed by atoms with Crippen LogP contribution in [-0.2, 0) is 6.54 Å². The maximum absolute atomic E-state index is 13.5. The molecule has 2 aliphatic rings. The molecular weight excluding hydrogens is 387 g/mol. The van der Waals surface area contributed by atoms with Gasteiger partial charge in [-0.2, -0.15) is 0 Å². The summed E-state index contributed by atoms with van der Waals surface area (Å²) in [5.41, 5.74) is 3.56. The lowest BCUT2D eigenvalue weighted by Crippen LogP contribution is -2.39. The number of hydrogen-bond acceptors (Lipinski definition) is 4. The highest BCUT2D eigenvalue weighted by molar-refractivity contribution is 5.87. The number of nitrogens with zero attached hydrogens (tertiary/aromatic N) is 3. The molecule has 2 unspecified atom stereocenters. The van der Waals surface area contributed by atoms with Crippen LogP contribution in [0, 0.1) is 11.7 Å². The van der Waals surface area contributed by atoms with Crippen molar-refractivity contribution in [1.82, 2.24) is 15.2 Å². The Morgan fingerprint density at radius 3 is 2.29 bits per heavy atom. The van der Waals surface area contributed by atoms with E-state index >= 15 is 0 Å². The van der Waals surface area contributed by atoms with Gasteiger partial charge in [0.25, 0.3) is 0 Å². The lowest BCUT2D eigenvalue weighted by Gasteiger charge is -2.32. The second kappa shape index (κ2) is 8.98. The fraction of sp³-hybridized carbons (Fsp3) is 0.308. The smallest absolute Gasteiger partial charge is 0.123 e. The van der Waals surface area contributed by atoms with Gasteiger partial charge in [-0.3, -0.25) is 14.9 Å². The first-order valence-electron chi connectivity index (χ1n) is 11.0. The van der Waals surface area contributed by atoms with Crippen LogP contribution in [0.3, 0.4) is 0 Å². The third-order valence-electron chi connectivity index (χ3n) is 6.40. The van der Waals surface area contributed by atoms with E-state index in [1.165, 1.54) is 17.7 Å². The third-order valence-corrected chi connectivity index (χ3v) is 6.40. The summed E-state index contributed by atoms with van der Waals surface area (Å²) in [4.78, 5) is 11.8. The van der Waals surface area contributed by atoms with E-state index in [1.807, 2.05) is 36.7 Å². The summed E-state index contributed by atoms with van der Waals surface area (Å²) >= 11 is 0. The summed E-state index contributed by atoms with van der Waals surface area (Å²) in [6.45, 7) is 3.15. The highest BCUT2D eigenvalue weighted by atomic mass is 19.1. The zero-order valence-corrected chi connectivity index (χ0v) is 17.5. The number of aromatic nitrogens is 1. The number of hydrogen-bond donors (Lipinski definition) is 1. The van der Waals surface area contributed by atoms with Crippen molar-refractivity contribution in [3.05, 3.63) is 102 Å². The maximum Gasteiger partial charge on any atom is 0.123 e. The van der Waals surface area contributed by atoms with Gasteiger partial charge >= 0.3 is 0 Å². The van der Waals surface area contributed by atoms with Crippen molar-refractivity contribution in [2.24, 2.45) is 10.9 Å². The van der Waals surface area contributed by atoms with E-state index in [0.717, 1.165) is 49.4 Å². The molecule has 0 radical (unpaired) electrons. The van der Waals surface area contributed by atoms with Crippen LogP contribution >= 0.6 is 0 Å². The van der Waals surface area contributed by atoms with Crippen LogP contribution in [0.25, 0.3) is 0 Å². The summed E-state index contributed by atoms with van der Waals surface area (Å²) in [5, 5.41) is 3.70. The van der Waals surface area contributed by atoms with Crippen LogP contribution in [0.5, 0.6) is 0 Å². The summed E-state index contributed by atoms with van der Waals surface area (Å²) in [6.07, 6.45) is 5.81. The van der Waals surface area contributed by atoms with E-state index < -0.39 is 0 Å². The number of benzene rings is 2. The number of likely N-dealkylation sites (tertiary alicyclic amines) is 1. The molecule has 2 aliphatic heterocycles. The van der Waals surface area contributed by atoms with Gasteiger partial charge in [0.2, 0.25) is 0 Å². The zero-order valence-electron chi connectivity index (χ0n) is 17.5. The highest BCUT2D eigenvalue weighted by Gasteiger charge is 2.35. The Morgan fingerprint density at radius 1 is 0.871 bits per heavy atom. The molecule has 0 amide bonds. The van der Waals surface area contributed by atoms with Crippen LogP contribution in [-0.4, -0.2) is 28.8 Å². The molecule has 3 aromatic rings. The van der Waals surface area contributed by atoms with Crippen LogP contribution in [0.1, 0.15) is 41.6 Å². The van der Waals surface area contributed by atoms with E-state index in [0.29, 0.717) is 5.92 Å². The Hall–Kier alpha value is -3.05. The number of pyridine rings is 1. The topological polar surface area (TPSA) is 40.5 Å². The first-order valence-corrected chi connectivity index (χ1v) is 11.0. The molecule has 0 bridgehead atoms. The number of nitrogens with one attached hydrogen (secondary N) is 1. The monoisotopic (exact) mass is 414 g/mol. The van der Waals surface area contributed by atoms with Crippen molar-refractivity contribution in [2.75, 3.05) is 13.1 Å². The molecule has 0 saturated carbocycles. The van der Waals surface area contributed by atoms with E-state index in [4.69, 9.17) is 4.99 Å². The van der Waals surface area contributed by atoms with Crippen molar-refractivity contribution in [2.45, 2.75) is 31.5 Å². The molecule has 1 N–H and O–H groups in total. The first-order chi connectivity index (χ1) is 15.3. The van der Waals surface area contributed by atoms with Gasteiger partial charge in [0.15, 0.2) is 0 Å². The SMILES string of the molecule is Fc1ccc(C2NC(C3CCN(Cc4ccccc4)CC3)=NC2c2ccncc2)cc1. The summed E-state index contributed by atoms with van der Waals surface area (Å²) < 4.78 is 13.5. The van der Waals surface area contributed by atoms with Crippen molar-refractivity contribution in [3.8, 4) is 0 Å². The first kappa shape index (κ1) is 19.9. The molecule has 0 aliphatic carbocycles. The normalized spacial score (nSPS) is 22.2. The fourth-order valence-corrected chi connectivity index (χ4v) is 4.69. The summed E-state index contributed by atoms with van der Waals surface area (Å²) in [5.74, 6) is 1.31. The molecule has 158 valence electrons. The highest BCUT2D eigenvalue weighted by Crippen LogP contribution is 2.38. The molecule has 0 spiro atoms. The standard InChI is InChI=1S/C26H27FN4/c27-23-8-6-20(7-9-23)24-25(21-10-14-28-15-11-21)30-26(29-24)22-12-16-31(17-13-22)18-19-4-2-1-3-5-19/h1-11,14-15,22,24-25H,12-13,16-18H2,(H,29,30). The number of aliphatic imine (C=N–C) groups is 1. The van der Waals surface area contributed by atoms with E-state index in [9.17, 15) is 4.39 Å². The number of halogens is 1. The molecule has 1 fully saturated rings. The number of amidine groups is 1. The van der Waals surface area contributed by atoms with Crippen molar-refractivity contribution >= 4 is 5.84 Å². The molecule has 1 saturated heterocycles. The summed E-state index contributed by atoms with van der Waals surface area (Å²) in [6, 6.07) is 21.5. The predicted octanol–water partition coefficient (Wildman–Crippen LogP) is 4.92. The van der Waals surface area contributed by atoms with E-state index in [-0.39, 0.29) is 17.9 Å². The minimum atomic E-state index is -0.214. The predicted molar refractivity (Wildman–Crippen MR) is 121 cm³/mol. The van der Waals surface area contributed by atoms with Gasteiger partial charge in [0, 0.05) is 24.9 Å². The Bertz CT molecular complexity index is 1010. The maximum atomic E-state index is 13.5. The van der Waals surface area contributed by atoms with Crippen molar-refractivity contribution < 1.29 is 4.39 Å². The fourth-order valence-electron chi connectivity index (χ4n) is 4.69. The Kier molecular flexibility index (Phi) is 5.76. The van der Waals surface area contributed by atoms with Crippen molar-refractivity contribution in [1.29, 1.82) is 0 Å². The van der Waals surface area contributed by atoms with Gasteiger partial charge in [0.05, 0.1) is 6.04 Å². The third kappa shape index (κ3) is 4.52. The molecule has 5 heteroatoms. The lowest BCUT2D eigenvalue weighted by atomic mass is 9.94. The summed E-state index contributed by atoms with van der Waals surface area (Å²) in [7, 11) is 0. The van der Waals surface area contributed by atoms with Crippen LogP contribution in [0.15, 0.2) is 84.1 Å². The molecule has 2 aromatic carbocycles. The second-order valence-electron chi connectivity index (χ2n) is 8.45. The van der Waals surface area contributed by atoms with Crippen LogP contribution in [0.2, 0.25) is 0 Å². The Morgan fingerprint density at radius 2 is 1.58 bits per heavy atom. The lowest BCUT2D eigenvalue weighted by molar-refractivity contribution is 0.200. The van der Waals surface area contributed by atoms with Gasteiger partial charge in [-0.15, -0.1) is 0 Å². The molecule has 31 heavy (non-hydrogen) atoms. The van der Waals surface area contributed by atoms with Gasteiger partial charge < -0.3 is 5.32 Å². The quantitative estimate of drug-likeness (QED) is 0.644. The average Bonchev–Trinajstić information content (AvgIpc) is 3.27. The van der Waals surface area contributed by atoms with Crippen LogP contribution in [0.4, 0.5) is 4.39 Å². The van der Waals surface area contributed by atoms with Crippen molar-refractivity contribution in [3.63, 3.8) is 0 Å². The number of piperidine rings is 1.